The third kappa shape index (κ3) is 2.03. The van der Waals surface area contributed by atoms with Crippen LogP contribution in [0.2, 0.25) is 0 Å². The summed E-state index contributed by atoms with van der Waals surface area (Å²) in [6, 6.07) is 7.83. The largest absolute Gasteiger partial charge is 0.480 e. The van der Waals surface area contributed by atoms with Crippen molar-refractivity contribution in [2.24, 2.45) is 5.92 Å². The number of rotatable bonds is 4. The Hall–Kier alpha value is -1.51. The van der Waals surface area contributed by atoms with Gasteiger partial charge in [-0.05, 0) is 50.3 Å². The molecular formula is C13H17NO2. The first kappa shape index (κ1) is 11.0. The molecule has 0 aromatic heterocycles. The molecule has 1 fully saturated rings. The first-order valence-corrected chi connectivity index (χ1v) is 5.60. The van der Waals surface area contributed by atoms with E-state index in [9.17, 15) is 9.90 Å². The number of carboxylic acid groups (broad SMARTS) is 1. The van der Waals surface area contributed by atoms with Crippen molar-refractivity contribution in [1.29, 1.82) is 0 Å². The fourth-order valence-corrected chi connectivity index (χ4v) is 2.01. The van der Waals surface area contributed by atoms with Gasteiger partial charge in [0.25, 0.3) is 0 Å². The topological polar surface area (TPSA) is 49.3 Å². The van der Waals surface area contributed by atoms with Crippen LogP contribution in [0, 0.1) is 12.8 Å². The number of nitrogens with one attached hydrogen (secondary N) is 1. The van der Waals surface area contributed by atoms with Crippen LogP contribution in [0.25, 0.3) is 0 Å². The van der Waals surface area contributed by atoms with Crippen LogP contribution >= 0.6 is 0 Å². The summed E-state index contributed by atoms with van der Waals surface area (Å²) >= 11 is 0. The molecule has 0 heterocycles. The van der Waals surface area contributed by atoms with E-state index in [1.54, 1.807) is 6.92 Å². The van der Waals surface area contributed by atoms with E-state index in [1.807, 2.05) is 31.2 Å². The van der Waals surface area contributed by atoms with E-state index in [2.05, 4.69) is 5.32 Å². The zero-order chi connectivity index (χ0) is 11.8. The average Bonchev–Trinajstić information content (AvgIpc) is 3.00. The van der Waals surface area contributed by atoms with Gasteiger partial charge in [-0.1, -0.05) is 12.1 Å². The summed E-state index contributed by atoms with van der Waals surface area (Å²) in [6.45, 7) is 3.77. The molecule has 0 aliphatic heterocycles. The number of carbonyl (C=O) groups is 1. The zero-order valence-electron chi connectivity index (χ0n) is 9.66. The summed E-state index contributed by atoms with van der Waals surface area (Å²) in [7, 11) is 0. The Morgan fingerprint density at radius 1 is 1.50 bits per heavy atom. The third-order valence-electron chi connectivity index (χ3n) is 3.26. The van der Waals surface area contributed by atoms with E-state index in [1.165, 1.54) is 0 Å². The van der Waals surface area contributed by atoms with Gasteiger partial charge < -0.3 is 10.4 Å². The first-order chi connectivity index (χ1) is 7.52. The predicted octanol–water partition coefficient (Wildman–Crippen LogP) is 2.66. The zero-order valence-corrected chi connectivity index (χ0v) is 9.66. The Kier molecular flexibility index (Phi) is 2.62. The fraction of sp³-hybridized carbons (Fsp3) is 0.462. The molecule has 0 amide bonds. The quantitative estimate of drug-likeness (QED) is 0.818. The molecule has 1 aliphatic rings. The van der Waals surface area contributed by atoms with Gasteiger partial charge in [0.2, 0.25) is 0 Å². The molecule has 3 nitrogen and oxygen atoms in total. The lowest BCUT2D eigenvalue weighted by Gasteiger charge is -2.27. The maximum atomic E-state index is 11.3. The maximum absolute atomic E-state index is 11.3. The van der Waals surface area contributed by atoms with Crippen LogP contribution in [0.15, 0.2) is 24.3 Å². The highest BCUT2D eigenvalue weighted by molar-refractivity contribution is 5.83. The molecule has 1 unspecified atom stereocenters. The van der Waals surface area contributed by atoms with Crippen molar-refractivity contribution in [3.63, 3.8) is 0 Å². The molecule has 2 rings (SSSR count). The molecule has 0 saturated heterocycles. The highest BCUT2D eigenvalue weighted by Crippen LogP contribution is 2.41. The smallest absolute Gasteiger partial charge is 0.329 e. The van der Waals surface area contributed by atoms with E-state index in [-0.39, 0.29) is 5.92 Å². The van der Waals surface area contributed by atoms with Gasteiger partial charge in [0.15, 0.2) is 0 Å². The summed E-state index contributed by atoms with van der Waals surface area (Å²) in [5, 5.41) is 12.5. The van der Waals surface area contributed by atoms with E-state index < -0.39 is 11.5 Å². The predicted molar refractivity (Wildman–Crippen MR) is 63.6 cm³/mol. The second-order valence-corrected chi connectivity index (χ2v) is 4.78. The van der Waals surface area contributed by atoms with Gasteiger partial charge in [-0.25, -0.2) is 4.79 Å². The Morgan fingerprint density at radius 2 is 2.19 bits per heavy atom. The minimum absolute atomic E-state index is 0.255. The molecule has 0 bridgehead atoms. The lowest BCUT2D eigenvalue weighted by molar-refractivity contribution is -0.142. The van der Waals surface area contributed by atoms with Gasteiger partial charge in [-0.2, -0.15) is 0 Å². The molecular weight excluding hydrogens is 202 g/mol. The minimum Gasteiger partial charge on any atom is -0.480 e. The summed E-state index contributed by atoms with van der Waals surface area (Å²) < 4.78 is 0. The molecule has 0 spiro atoms. The normalized spacial score (nSPS) is 18.9. The van der Waals surface area contributed by atoms with Crippen molar-refractivity contribution in [2.75, 3.05) is 5.32 Å². The number of aryl methyl sites for hydroxylation is 1. The van der Waals surface area contributed by atoms with Crippen LogP contribution in [-0.4, -0.2) is 16.6 Å². The molecule has 1 saturated carbocycles. The van der Waals surface area contributed by atoms with Gasteiger partial charge >= 0.3 is 5.97 Å². The summed E-state index contributed by atoms with van der Waals surface area (Å²) in [5.41, 5.74) is 1.19. The molecule has 0 radical (unpaired) electrons. The Morgan fingerprint density at radius 3 is 2.69 bits per heavy atom. The van der Waals surface area contributed by atoms with Gasteiger partial charge in [-0.15, -0.1) is 0 Å². The fourth-order valence-electron chi connectivity index (χ4n) is 2.01. The van der Waals surface area contributed by atoms with Crippen LogP contribution in [-0.2, 0) is 4.79 Å². The van der Waals surface area contributed by atoms with Crippen molar-refractivity contribution < 1.29 is 9.90 Å². The number of hydrogen-bond donors (Lipinski definition) is 2. The highest BCUT2D eigenvalue weighted by Gasteiger charge is 2.47. The number of hydrogen-bond acceptors (Lipinski definition) is 2. The lowest BCUT2D eigenvalue weighted by atomic mass is 9.95. The van der Waals surface area contributed by atoms with E-state index in [4.69, 9.17) is 0 Å². The lowest BCUT2D eigenvalue weighted by Crippen LogP contribution is -2.45. The second-order valence-electron chi connectivity index (χ2n) is 4.78. The van der Waals surface area contributed by atoms with E-state index in [0.29, 0.717) is 0 Å². The van der Waals surface area contributed by atoms with Crippen molar-refractivity contribution in [2.45, 2.75) is 32.2 Å². The molecule has 1 aliphatic carbocycles. The van der Waals surface area contributed by atoms with Gasteiger partial charge in [0.1, 0.15) is 5.54 Å². The van der Waals surface area contributed by atoms with Gasteiger partial charge in [0.05, 0.1) is 0 Å². The SMILES string of the molecule is Cc1cccc(NC(C)(C(=O)O)C2CC2)c1. The minimum atomic E-state index is -0.826. The van der Waals surface area contributed by atoms with Crippen LogP contribution in [0.1, 0.15) is 25.3 Å². The molecule has 1 aromatic carbocycles. The summed E-state index contributed by atoms with van der Waals surface area (Å²) in [6.07, 6.45) is 2.00. The summed E-state index contributed by atoms with van der Waals surface area (Å²) in [5.74, 6) is -0.512. The van der Waals surface area contributed by atoms with Crippen molar-refractivity contribution in [1.82, 2.24) is 0 Å². The summed E-state index contributed by atoms with van der Waals surface area (Å²) in [4.78, 5) is 11.3. The number of anilines is 1. The van der Waals surface area contributed by atoms with Crippen LogP contribution in [0.5, 0.6) is 0 Å². The van der Waals surface area contributed by atoms with Gasteiger partial charge in [0, 0.05) is 5.69 Å². The van der Waals surface area contributed by atoms with E-state index >= 15 is 0 Å². The maximum Gasteiger partial charge on any atom is 0.329 e. The third-order valence-corrected chi connectivity index (χ3v) is 3.26. The number of carboxylic acids is 1. The van der Waals surface area contributed by atoms with Crippen molar-refractivity contribution >= 4 is 11.7 Å². The van der Waals surface area contributed by atoms with E-state index in [0.717, 1.165) is 24.1 Å². The monoisotopic (exact) mass is 219 g/mol. The molecule has 16 heavy (non-hydrogen) atoms. The molecule has 1 atom stereocenters. The number of aliphatic carboxylic acids is 1. The van der Waals surface area contributed by atoms with Gasteiger partial charge in [-0.3, -0.25) is 0 Å². The number of benzene rings is 1. The van der Waals surface area contributed by atoms with Crippen molar-refractivity contribution in [3.05, 3.63) is 29.8 Å². The molecule has 3 heteroatoms. The molecule has 86 valence electrons. The molecule has 1 aromatic rings. The Labute approximate surface area is 95.5 Å². The average molecular weight is 219 g/mol. The van der Waals surface area contributed by atoms with Crippen molar-refractivity contribution in [3.8, 4) is 0 Å². The Bertz CT molecular complexity index is 412. The van der Waals surface area contributed by atoms with Crippen LogP contribution < -0.4 is 5.32 Å². The highest BCUT2D eigenvalue weighted by atomic mass is 16.4. The van der Waals surface area contributed by atoms with Crippen LogP contribution in [0.3, 0.4) is 0 Å². The van der Waals surface area contributed by atoms with Crippen LogP contribution in [0.4, 0.5) is 5.69 Å². The molecule has 2 N–H and O–H groups in total. The first-order valence-electron chi connectivity index (χ1n) is 5.60. The second kappa shape index (κ2) is 3.81. The standard InChI is InChI=1S/C13H17NO2/c1-9-4-3-5-11(8-9)14-13(2,12(15)16)10-6-7-10/h3-5,8,10,14H,6-7H2,1-2H3,(H,15,16). The Balaban J connectivity index is 2.21.